The van der Waals surface area contributed by atoms with Crippen LogP contribution in [0.4, 0.5) is 0 Å². The minimum absolute atomic E-state index is 0.109. The highest BCUT2D eigenvalue weighted by molar-refractivity contribution is 8.18. The zero-order valence-corrected chi connectivity index (χ0v) is 22.9. The van der Waals surface area contributed by atoms with Crippen LogP contribution >= 0.6 is 23.4 Å². The molecule has 6 nitrogen and oxygen atoms in total. The van der Waals surface area contributed by atoms with Crippen molar-refractivity contribution >= 4 is 46.5 Å². The van der Waals surface area contributed by atoms with Gasteiger partial charge in [-0.25, -0.2) is 4.79 Å². The Morgan fingerprint density at radius 1 is 0.900 bits per heavy atom. The molecule has 0 aliphatic carbocycles. The van der Waals surface area contributed by atoms with E-state index < -0.39 is 5.97 Å². The average Bonchev–Trinajstić information content (AvgIpc) is 3.26. The molecule has 0 saturated carbocycles. The number of amides is 1. The van der Waals surface area contributed by atoms with Gasteiger partial charge < -0.3 is 9.84 Å². The van der Waals surface area contributed by atoms with Gasteiger partial charge in [-0.3, -0.25) is 14.7 Å². The molecule has 200 valence electrons. The molecule has 8 heteroatoms. The summed E-state index contributed by atoms with van der Waals surface area (Å²) in [5.41, 5.74) is 3.89. The molecule has 1 aliphatic rings. The SMILES string of the molecule is O=C(O)c1ccc(COc2ccc(/C=C3/SC(=NCc4ccccc4)N(Cc4ccccc4)C3=O)cc2Cl)cc1. The van der Waals surface area contributed by atoms with Crippen LogP contribution in [-0.4, -0.2) is 27.1 Å². The number of carbonyl (C=O) groups is 2. The van der Waals surface area contributed by atoms with Crippen molar-refractivity contribution in [2.45, 2.75) is 19.7 Å². The van der Waals surface area contributed by atoms with Crippen molar-refractivity contribution in [3.05, 3.63) is 141 Å². The number of hydrogen-bond donors (Lipinski definition) is 1. The topological polar surface area (TPSA) is 79.2 Å². The Balaban J connectivity index is 1.32. The second-order valence-electron chi connectivity index (χ2n) is 9.05. The van der Waals surface area contributed by atoms with E-state index in [-0.39, 0.29) is 18.1 Å². The molecular formula is C32H25ClN2O4S. The van der Waals surface area contributed by atoms with Crippen molar-refractivity contribution in [1.82, 2.24) is 4.90 Å². The Morgan fingerprint density at radius 3 is 2.23 bits per heavy atom. The molecule has 4 aromatic carbocycles. The number of carbonyl (C=O) groups excluding carboxylic acids is 1. The molecule has 4 aromatic rings. The number of rotatable bonds is 9. The van der Waals surface area contributed by atoms with Gasteiger partial charge in [0.05, 0.1) is 28.6 Å². The number of carboxylic acid groups (broad SMARTS) is 1. The Hall–Kier alpha value is -4.33. The highest BCUT2D eigenvalue weighted by Crippen LogP contribution is 2.35. The summed E-state index contributed by atoms with van der Waals surface area (Å²) in [7, 11) is 0. The van der Waals surface area contributed by atoms with Gasteiger partial charge in [0.25, 0.3) is 5.91 Å². The molecule has 40 heavy (non-hydrogen) atoms. The van der Waals surface area contributed by atoms with Crippen LogP contribution in [-0.2, 0) is 24.5 Å². The quantitative estimate of drug-likeness (QED) is 0.214. The van der Waals surface area contributed by atoms with E-state index in [0.29, 0.717) is 33.9 Å². The van der Waals surface area contributed by atoms with Crippen LogP contribution in [0.5, 0.6) is 5.75 Å². The highest BCUT2D eigenvalue weighted by atomic mass is 35.5. The van der Waals surface area contributed by atoms with Crippen LogP contribution in [0.1, 0.15) is 32.6 Å². The van der Waals surface area contributed by atoms with Crippen LogP contribution < -0.4 is 4.74 Å². The number of nitrogens with zero attached hydrogens (tertiary/aromatic N) is 2. The molecule has 5 rings (SSSR count). The van der Waals surface area contributed by atoms with Crippen molar-refractivity contribution in [3.8, 4) is 5.75 Å². The largest absolute Gasteiger partial charge is 0.487 e. The number of amidine groups is 1. The lowest BCUT2D eigenvalue weighted by Gasteiger charge is -2.15. The normalized spacial score (nSPS) is 15.1. The van der Waals surface area contributed by atoms with Gasteiger partial charge in [0, 0.05) is 0 Å². The second kappa shape index (κ2) is 12.7. The van der Waals surface area contributed by atoms with Crippen LogP contribution in [0, 0.1) is 0 Å². The third kappa shape index (κ3) is 6.81. The first-order valence-corrected chi connectivity index (χ1v) is 13.7. The van der Waals surface area contributed by atoms with Gasteiger partial charge in [-0.15, -0.1) is 0 Å². The molecule has 1 amide bonds. The summed E-state index contributed by atoms with van der Waals surface area (Å²) in [4.78, 5) is 31.6. The van der Waals surface area contributed by atoms with Gasteiger partial charge in [0.2, 0.25) is 0 Å². The maximum absolute atomic E-state index is 13.5. The maximum atomic E-state index is 13.5. The number of aromatic carboxylic acids is 1. The van der Waals surface area contributed by atoms with Gasteiger partial charge in [-0.2, -0.15) is 0 Å². The summed E-state index contributed by atoms with van der Waals surface area (Å²) in [6.07, 6.45) is 1.82. The first kappa shape index (κ1) is 27.2. The van der Waals surface area contributed by atoms with E-state index in [1.54, 1.807) is 29.2 Å². The summed E-state index contributed by atoms with van der Waals surface area (Å²) >= 11 is 7.86. The molecular weight excluding hydrogens is 544 g/mol. The minimum Gasteiger partial charge on any atom is -0.487 e. The van der Waals surface area contributed by atoms with Crippen molar-refractivity contribution in [1.29, 1.82) is 0 Å². The number of carboxylic acids is 1. The molecule has 1 heterocycles. The van der Waals surface area contributed by atoms with Gasteiger partial charge in [-0.05, 0) is 64.4 Å². The first-order valence-electron chi connectivity index (χ1n) is 12.5. The van der Waals surface area contributed by atoms with Gasteiger partial charge in [0.1, 0.15) is 12.4 Å². The van der Waals surface area contributed by atoms with E-state index in [1.807, 2.05) is 72.8 Å². The molecule has 1 saturated heterocycles. The summed E-state index contributed by atoms with van der Waals surface area (Å²) < 4.78 is 5.84. The Morgan fingerprint density at radius 2 is 1.57 bits per heavy atom. The highest BCUT2D eigenvalue weighted by Gasteiger charge is 2.33. The summed E-state index contributed by atoms with van der Waals surface area (Å²) in [5.74, 6) is -0.592. The van der Waals surface area contributed by atoms with Crippen LogP contribution in [0.2, 0.25) is 5.02 Å². The third-order valence-electron chi connectivity index (χ3n) is 6.16. The van der Waals surface area contributed by atoms with Gasteiger partial charge in [0.15, 0.2) is 5.17 Å². The fraction of sp³-hybridized carbons (Fsp3) is 0.0938. The first-order chi connectivity index (χ1) is 19.5. The minimum atomic E-state index is -0.975. The molecule has 0 radical (unpaired) electrons. The second-order valence-corrected chi connectivity index (χ2v) is 10.5. The number of hydrogen-bond acceptors (Lipinski definition) is 5. The van der Waals surface area contributed by atoms with E-state index in [0.717, 1.165) is 22.3 Å². The van der Waals surface area contributed by atoms with E-state index in [2.05, 4.69) is 0 Å². The lowest BCUT2D eigenvalue weighted by Crippen LogP contribution is -2.28. The number of aliphatic imine (C=N–C) groups is 1. The monoisotopic (exact) mass is 568 g/mol. The zero-order chi connectivity index (χ0) is 27.9. The predicted octanol–water partition coefficient (Wildman–Crippen LogP) is 7.29. The van der Waals surface area contributed by atoms with Crippen LogP contribution in [0.3, 0.4) is 0 Å². The van der Waals surface area contributed by atoms with E-state index >= 15 is 0 Å². The van der Waals surface area contributed by atoms with Crippen molar-refractivity contribution in [3.63, 3.8) is 0 Å². The third-order valence-corrected chi connectivity index (χ3v) is 7.50. The van der Waals surface area contributed by atoms with E-state index in [9.17, 15) is 9.59 Å². The molecule has 1 N–H and O–H groups in total. The maximum Gasteiger partial charge on any atom is 0.335 e. The standard InChI is InChI=1S/C32H25ClN2O4S/c33-27-17-25(13-16-28(27)39-21-24-11-14-26(15-12-24)31(37)38)18-29-30(36)35(20-23-9-5-2-6-10-23)32(40-29)34-19-22-7-3-1-4-8-22/h1-18H,19-21H2,(H,37,38)/b29-18+,34-32?. The fourth-order valence-electron chi connectivity index (χ4n) is 4.05. The van der Waals surface area contributed by atoms with Crippen molar-refractivity contribution in [2.24, 2.45) is 4.99 Å². The lowest BCUT2D eigenvalue weighted by molar-refractivity contribution is -0.122. The molecule has 0 bridgehead atoms. The van der Waals surface area contributed by atoms with Crippen molar-refractivity contribution < 1.29 is 19.4 Å². The van der Waals surface area contributed by atoms with Gasteiger partial charge >= 0.3 is 5.97 Å². The van der Waals surface area contributed by atoms with Crippen LogP contribution in [0.25, 0.3) is 6.08 Å². The molecule has 0 atom stereocenters. The van der Waals surface area contributed by atoms with E-state index in [1.165, 1.54) is 23.9 Å². The van der Waals surface area contributed by atoms with Gasteiger partial charge in [-0.1, -0.05) is 90.5 Å². The Bertz CT molecular complexity index is 1570. The Kier molecular flexibility index (Phi) is 8.64. The molecule has 0 aromatic heterocycles. The number of benzene rings is 4. The molecule has 0 unspecified atom stereocenters. The smallest absolute Gasteiger partial charge is 0.335 e. The van der Waals surface area contributed by atoms with Crippen molar-refractivity contribution in [2.75, 3.05) is 0 Å². The lowest BCUT2D eigenvalue weighted by atomic mass is 10.1. The summed E-state index contributed by atoms with van der Waals surface area (Å²) in [6.45, 7) is 1.15. The number of halogens is 1. The fourth-order valence-corrected chi connectivity index (χ4v) is 5.27. The summed E-state index contributed by atoms with van der Waals surface area (Å²) in [6, 6.07) is 31.6. The summed E-state index contributed by atoms with van der Waals surface area (Å²) in [5, 5.41) is 10.1. The Labute approximate surface area is 241 Å². The zero-order valence-electron chi connectivity index (χ0n) is 21.4. The number of ether oxygens (including phenoxy) is 1. The molecule has 0 spiro atoms. The van der Waals surface area contributed by atoms with E-state index in [4.69, 9.17) is 26.4 Å². The molecule has 1 aliphatic heterocycles. The number of thioether (sulfide) groups is 1. The predicted molar refractivity (Wildman–Crippen MR) is 159 cm³/mol. The van der Waals surface area contributed by atoms with Crippen LogP contribution in [0.15, 0.2) is 113 Å². The molecule has 1 fully saturated rings. The average molecular weight is 569 g/mol.